The van der Waals surface area contributed by atoms with Gasteiger partial charge < -0.3 is 9.47 Å². The molecule has 1 radical (unpaired) electrons. The van der Waals surface area contributed by atoms with E-state index in [9.17, 15) is 0 Å². The molecule has 0 aliphatic carbocycles. The van der Waals surface area contributed by atoms with Crippen LogP contribution in [-0.2, 0) is 11.3 Å². The Morgan fingerprint density at radius 2 is 2.25 bits per heavy atom. The van der Waals surface area contributed by atoms with Crippen LogP contribution in [0.15, 0.2) is 12.1 Å². The molecule has 0 aromatic heterocycles. The van der Waals surface area contributed by atoms with Gasteiger partial charge >= 0.3 is 0 Å². The lowest BCUT2D eigenvalue weighted by Gasteiger charge is -2.19. The fourth-order valence-corrected chi connectivity index (χ4v) is 1.52. The zero-order valence-corrected chi connectivity index (χ0v) is 7.23. The van der Waals surface area contributed by atoms with E-state index in [0.29, 0.717) is 18.4 Å². The molecule has 12 heavy (non-hydrogen) atoms. The van der Waals surface area contributed by atoms with Crippen molar-refractivity contribution in [2.75, 3.05) is 6.79 Å². The quantitative estimate of drug-likeness (QED) is 0.615. The molecule has 0 unspecified atom stereocenters. The molecule has 1 aliphatic heterocycles. The van der Waals surface area contributed by atoms with Gasteiger partial charge in [0.25, 0.3) is 0 Å². The van der Waals surface area contributed by atoms with Crippen molar-refractivity contribution in [1.29, 1.82) is 0 Å². The Balaban J connectivity index is 2.53. The first kappa shape index (κ1) is 7.90. The van der Waals surface area contributed by atoms with Crippen molar-refractivity contribution in [3.8, 4) is 5.75 Å². The zero-order valence-electron chi connectivity index (χ0n) is 6.47. The van der Waals surface area contributed by atoms with Crippen LogP contribution in [0.25, 0.3) is 0 Å². The maximum atomic E-state index is 5.83. The number of fused-ring (bicyclic) bond motifs is 1. The summed E-state index contributed by atoms with van der Waals surface area (Å²) in [5.41, 5.74) is 1.79. The minimum atomic E-state index is 0.303. The summed E-state index contributed by atoms with van der Waals surface area (Å²) in [4.78, 5) is 0. The second-order valence-corrected chi connectivity index (χ2v) is 3.10. The smallest absolute Gasteiger partial charge is 0.189 e. The van der Waals surface area contributed by atoms with E-state index < -0.39 is 0 Å². The van der Waals surface area contributed by atoms with Gasteiger partial charge in [-0.15, -0.1) is 0 Å². The molecule has 0 saturated heterocycles. The van der Waals surface area contributed by atoms with E-state index in [0.717, 1.165) is 16.9 Å². The van der Waals surface area contributed by atoms with Gasteiger partial charge in [0.15, 0.2) is 6.79 Å². The van der Waals surface area contributed by atoms with Gasteiger partial charge in [0.2, 0.25) is 0 Å². The Kier molecular flexibility index (Phi) is 1.95. The minimum Gasteiger partial charge on any atom is -0.467 e. The van der Waals surface area contributed by atoms with Gasteiger partial charge in [0, 0.05) is 10.6 Å². The van der Waals surface area contributed by atoms with Crippen LogP contribution in [0.4, 0.5) is 0 Å². The third-order valence-electron chi connectivity index (χ3n) is 1.75. The number of rotatable bonds is 0. The van der Waals surface area contributed by atoms with E-state index in [2.05, 4.69) is 6.92 Å². The van der Waals surface area contributed by atoms with Crippen LogP contribution in [0, 0.1) is 6.92 Å². The van der Waals surface area contributed by atoms with E-state index in [-0.39, 0.29) is 0 Å². The first-order valence-electron chi connectivity index (χ1n) is 3.62. The molecule has 63 valence electrons. The van der Waals surface area contributed by atoms with Gasteiger partial charge in [0.1, 0.15) is 5.75 Å². The first-order valence-corrected chi connectivity index (χ1v) is 4.00. The van der Waals surface area contributed by atoms with E-state index >= 15 is 0 Å². The Bertz CT molecular complexity index is 310. The van der Waals surface area contributed by atoms with Crippen LogP contribution in [0.2, 0.25) is 5.02 Å². The number of hydrogen-bond donors (Lipinski definition) is 0. The van der Waals surface area contributed by atoms with Gasteiger partial charge in [0.05, 0.1) is 6.61 Å². The van der Waals surface area contributed by atoms with Crippen LogP contribution in [-0.4, -0.2) is 6.79 Å². The van der Waals surface area contributed by atoms with Gasteiger partial charge in [-0.3, -0.25) is 0 Å². The summed E-state index contributed by atoms with van der Waals surface area (Å²) in [6, 6.07) is 3.62. The minimum absolute atomic E-state index is 0.303. The van der Waals surface area contributed by atoms with Crippen LogP contribution in [0.5, 0.6) is 5.75 Å². The predicted molar refractivity (Wildman–Crippen MR) is 46.2 cm³/mol. The topological polar surface area (TPSA) is 18.5 Å². The number of benzene rings is 1. The molecule has 2 rings (SSSR count). The molecule has 3 heteroatoms. The molecule has 0 bridgehead atoms. The van der Waals surface area contributed by atoms with E-state index in [4.69, 9.17) is 21.1 Å². The van der Waals surface area contributed by atoms with Crippen molar-refractivity contribution in [1.82, 2.24) is 0 Å². The average Bonchev–Trinajstić information content (AvgIpc) is 2.04. The fourth-order valence-electron chi connectivity index (χ4n) is 1.26. The first-order chi connectivity index (χ1) is 5.77. The van der Waals surface area contributed by atoms with Crippen LogP contribution < -0.4 is 4.74 Å². The standard InChI is InChI=1S/C9H8ClO2/c1-6-2-8(10)3-7-4-11-5-12-9(6)7/h2-3H,1,4-5H2. The fraction of sp³-hybridized carbons (Fsp3) is 0.222. The summed E-state index contributed by atoms with van der Waals surface area (Å²) in [6.07, 6.45) is 0. The maximum Gasteiger partial charge on any atom is 0.189 e. The van der Waals surface area contributed by atoms with E-state index in [1.54, 1.807) is 6.07 Å². The molecule has 1 heterocycles. The molecule has 0 spiro atoms. The molecular formula is C9H8ClO2. The van der Waals surface area contributed by atoms with Crippen LogP contribution in [0.1, 0.15) is 11.1 Å². The lowest BCUT2D eigenvalue weighted by atomic mass is 10.1. The van der Waals surface area contributed by atoms with Crippen molar-refractivity contribution in [2.24, 2.45) is 0 Å². The molecule has 1 aromatic carbocycles. The Morgan fingerprint density at radius 1 is 1.42 bits per heavy atom. The molecule has 0 saturated carbocycles. The summed E-state index contributed by atoms with van der Waals surface area (Å²) in [5, 5.41) is 0.674. The number of halogens is 1. The molecule has 1 aliphatic rings. The summed E-state index contributed by atoms with van der Waals surface area (Å²) in [6.45, 7) is 4.69. The molecule has 2 nitrogen and oxygen atoms in total. The van der Waals surface area contributed by atoms with Crippen molar-refractivity contribution in [3.05, 3.63) is 35.2 Å². The van der Waals surface area contributed by atoms with Gasteiger partial charge in [-0.25, -0.2) is 0 Å². The Labute approximate surface area is 76.1 Å². The summed E-state index contributed by atoms with van der Waals surface area (Å²) in [5.74, 6) is 0.811. The van der Waals surface area contributed by atoms with Crippen molar-refractivity contribution in [3.63, 3.8) is 0 Å². The largest absolute Gasteiger partial charge is 0.467 e. The lowest BCUT2D eigenvalue weighted by Crippen LogP contribution is -2.12. The number of hydrogen-bond acceptors (Lipinski definition) is 2. The highest BCUT2D eigenvalue weighted by Crippen LogP contribution is 2.30. The van der Waals surface area contributed by atoms with E-state index in [1.807, 2.05) is 6.07 Å². The zero-order chi connectivity index (χ0) is 8.55. The van der Waals surface area contributed by atoms with Gasteiger partial charge in [-0.1, -0.05) is 11.6 Å². The van der Waals surface area contributed by atoms with Crippen molar-refractivity contribution >= 4 is 11.6 Å². The second kappa shape index (κ2) is 2.96. The Hall–Kier alpha value is -0.730. The molecule has 0 fully saturated rings. The summed E-state index contributed by atoms with van der Waals surface area (Å²) in [7, 11) is 0. The maximum absolute atomic E-state index is 5.83. The lowest BCUT2D eigenvalue weighted by molar-refractivity contribution is -0.0166. The summed E-state index contributed by atoms with van der Waals surface area (Å²) < 4.78 is 10.4. The second-order valence-electron chi connectivity index (χ2n) is 2.66. The highest BCUT2D eigenvalue weighted by atomic mass is 35.5. The highest BCUT2D eigenvalue weighted by molar-refractivity contribution is 6.30. The third-order valence-corrected chi connectivity index (χ3v) is 1.97. The normalized spacial score (nSPS) is 15.2. The molecular weight excluding hydrogens is 176 g/mol. The van der Waals surface area contributed by atoms with Crippen LogP contribution >= 0.6 is 11.6 Å². The molecule has 0 N–H and O–H groups in total. The van der Waals surface area contributed by atoms with E-state index in [1.165, 1.54) is 0 Å². The Morgan fingerprint density at radius 3 is 3.08 bits per heavy atom. The monoisotopic (exact) mass is 183 g/mol. The molecule has 1 aromatic rings. The highest BCUT2D eigenvalue weighted by Gasteiger charge is 2.13. The number of ether oxygens (including phenoxy) is 2. The van der Waals surface area contributed by atoms with Gasteiger partial charge in [-0.2, -0.15) is 0 Å². The van der Waals surface area contributed by atoms with Crippen molar-refractivity contribution in [2.45, 2.75) is 6.61 Å². The third kappa shape index (κ3) is 1.28. The molecule has 0 amide bonds. The SMILES string of the molecule is [CH2]c1cc(Cl)cc2c1OCOC2. The summed E-state index contributed by atoms with van der Waals surface area (Å²) >= 11 is 5.83. The van der Waals surface area contributed by atoms with Gasteiger partial charge in [-0.05, 0) is 24.6 Å². The predicted octanol–water partition coefficient (Wildman–Crippen LogP) is 2.39. The van der Waals surface area contributed by atoms with Crippen molar-refractivity contribution < 1.29 is 9.47 Å². The molecule has 0 atom stereocenters. The van der Waals surface area contributed by atoms with Crippen LogP contribution in [0.3, 0.4) is 0 Å². The average molecular weight is 184 g/mol.